The fraction of sp³-hybridized carbons (Fsp3) is 0.562. The predicted octanol–water partition coefficient (Wildman–Crippen LogP) is 3.43. The molecule has 0 radical (unpaired) electrons. The fourth-order valence-electron chi connectivity index (χ4n) is 2.83. The summed E-state index contributed by atoms with van der Waals surface area (Å²) < 4.78 is 0.968. The Kier molecular flexibility index (Phi) is 4.86. The molecule has 0 heterocycles. The molecule has 1 saturated carbocycles. The minimum atomic E-state index is -0.441. The Balaban J connectivity index is 2.13. The topological polar surface area (TPSA) is 49.3 Å². The van der Waals surface area contributed by atoms with Gasteiger partial charge in [-0.25, -0.2) is 0 Å². The van der Waals surface area contributed by atoms with Gasteiger partial charge < -0.3 is 10.4 Å². The smallest absolute Gasteiger partial charge is 0.252 e. The van der Waals surface area contributed by atoms with Crippen LogP contribution in [-0.4, -0.2) is 23.2 Å². The average molecular weight is 340 g/mol. The Morgan fingerprint density at radius 1 is 1.45 bits per heavy atom. The van der Waals surface area contributed by atoms with Gasteiger partial charge in [-0.15, -0.1) is 0 Å². The Morgan fingerprint density at radius 3 is 2.65 bits per heavy atom. The maximum Gasteiger partial charge on any atom is 0.252 e. The van der Waals surface area contributed by atoms with Crippen LogP contribution in [-0.2, 0) is 0 Å². The summed E-state index contributed by atoms with van der Waals surface area (Å²) in [5.41, 5.74) is 1.18. The van der Waals surface area contributed by atoms with Crippen molar-refractivity contribution in [1.82, 2.24) is 5.32 Å². The molecule has 1 aliphatic rings. The van der Waals surface area contributed by atoms with Crippen molar-refractivity contribution in [3.05, 3.63) is 33.8 Å². The lowest BCUT2D eigenvalue weighted by Crippen LogP contribution is -2.53. The first-order valence-corrected chi connectivity index (χ1v) is 7.94. The number of carbonyl (C=O) groups excluding carboxylic acids is 1. The van der Waals surface area contributed by atoms with Gasteiger partial charge in [-0.1, -0.05) is 22.9 Å². The Bertz CT molecular complexity index is 493. The highest BCUT2D eigenvalue weighted by molar-refractivity contribution is 9.10. The lowest BCUT2D eigenvalue weighted by Gasteiger charge is -2.38. The third kappa shape index (κ3) is 3.41. The number of halogens is 1. The molecule has 20 heavy (non-hydrogen) atoms. The van der Waals surface area contributed by atoms with Gasteiger partial charge in [0.25, 0.3) is 5.91 Å². The minimum absolute atomic E-state index is 0.0149. The summed E-state index contributed by atoms with van der Waals surface area (Å²) in [4.78, 5) is 12.5. The van der Waals surface area contributed by atoms with E-state index in [1.165, 1.54) is 0 Å². The van der Waals surface area contributed by atoms with Gasteiger partial charge in [0, 0.05) is 10.0 Å². The number of hydrogen-bond donors (Lipinski definition) is 2. The largest absolute Gasteiger partial charge is 0.394 e. The quantitative estimate of drug-likeness (QED) is 0.886. The highest BCUT2D eigenvalue weighted by atomic mass is 79.9. The van der Waals surface area contributed by atoms with Crippen LogP contribution < -0.4 is 5.32 Å². The van der Waals surface area contributed by atoms with E-state index in [0.29, 0.717) is 11.5 Å². The molecule has 0 saturated heterocycles. The molecule has 1 aromatic carbocycles. The number of amides is 1. The number of rotatable bonds is 3. The predicted molar refractivity (Wildman–Crippen MR) is 83.8 cm³/mol. The molecule has 2 rings (SSSR count). The number of hydrogen-bond acceptors (Lipinski definition) is 2. The van der Waals surface area contributed by atoms with E-state index in [0.717, 1.165) is 35.7 Å². The first-order chi connectivity index (χ1) is 9.46. The first kappa shape index (κ1) is 15.5. The summed E-state index contributed by atoms with van der Waals surface area (Å²) in [7, 11) is 0. The standard InChI is InChI=1S/C16H22BrNO2/c1-11-5-7-16(10-19,8-6-11)18-15(20)14-4-3-13(17)9-12(14)2/h3-4,9,11,19H,5-8,10H2,1-2H3,(H,18,20). The average Bonchev–Trinajstić information content (AvgIpc) is 2.41. The summed E-state index contributed by atoms with van der Waals surface area (Å²) in [6, 6.07) is 5.63. The normalized spacial score (nSPS) is 26.3. The van der Waals surface area contributed by atoms with Crippen LogP contribution in [0, 0.1) is 12.8 Å². The Hall–Kier alpha value is -0.870. The summed E-state index contributed by atoms with van der Waals surface area (Å²) in [6.07, 6.45) is 3.82. The van der Waals surface area contributed by atoms with E-state index in [-0.39, 0.29) is 12.5 Å². The molecule has 1 fully saturated rings. The van der Waals surface area contributed by atoms with E-state index in [9.17, 15) is 9.90 Å². The second-order valence-electron chi connectivity index (χ2n) is 6.03. The molecule has 1 aromatic rings. The van der Waals surface area contributed by atoms with Crippen LogP contribution in [0.3, 0.4) is 0 Å². The van der Waals surface area contributed by atoms with Crippen LogP contribution >= 0.6 is 15.9 Å². The van der Waals surface area contributed by atoms with Gasteiger partial charge in [0.05, 0.1) is 12.1 Å². The van der Waals surface area contributed by atoms with Crippen LogP contribution in [0.25, 0.3) is 0 Å². The minimum Gasteiger partial charge on any atom is -0.394 e. The maximum atomic E-state index is 12.5. The van der Waals surface area contributed by atoms with Crippen molar-refractivity contribution in [1.29, 1.82) is 0 Å². The molecule has 2 N–H and O–H groups in total. The summed E-state index contributed by atoms with van der Waals surface area (Å²) in [5, 5.41) is 12.8. The van der Waals surface area contributed by atoms with Crippen LogP contribution in [0.4, 0.5) is 0 Å². The van der Waals surface area contributed by atoms with E-state index in [4.69, 9.17) is 0 Å². The molecule has 4 heteroatoms. The molecule has 0 spiro atoms. The van der Waals surface area contributed by atoms with Gasteiger partial charge in [0.15, 0.2) is 0 Å². The molecule has 1 aliphatic carbocycles. The monoisotopic (exact) mass is 339 g/mol. The second kappa shape index (κ2) is 6.27. The van der Waals surface area contributed by atoms with Crippen LogP contribution in [0.2, 0.25) is 0 Å². The number of carbonyl (C=O) groups is 1. The zero-order valence-corrected chi connectivity index (χ0v) is 13.7. The zero-order chi connectivity index (χ0) is 14.8. The van der Waals surface area contributed by atoms with E-state index < -0.39 is 5.54 Å². The van der Waals surface area contributed by atoms with Gasteiger partial charge >= 0.3 is 0 Å². The molecule has 0 aromatic heterocycles. The van der Waals surface area contributed by atoms with Crippen LogP contribution in [0.1, 0.15) is 48.5 Å². The van der Waals surface area contributed by atoms with Gasteiger partial charge in [-0.3, -0.25) is 4.79 Å². The van der Waals surface area contributed by atoms with Crippen molar-refractivity contribution in [2.75, 3.05) is 6.61 Å². The van der Waals surface area contributed by atoms with E-state index in [2.05, 4.69) is 28.2 Å². The maximum absolute atomic E-state index is 12.5. The highest BCUT2D eigenvalue weighted by Crippen LogP contribution is 2.32. The molecule has 3 nitrogen and oxygen atoms in total. The second-order valence-corrected chi connectivity index (χ2v) is 6.95. The molecule has 0 bridgehead atoms. The van der Waals surface area contributed by atoms with E-state index in [1.807, 2.05) is 25.1 Å². The van der Waals surface area contributed by atoms with Gasteiger partial charge in [-0.2, -0.15) is 0 Å². The number of aliphatic hydroxyl groups excluding tert-OH is 1. The van der Waals surface area contributed by atoms with Gasteiger partial charge in [0.1, 0.15) is 0 Å². The van der Waals surface area contributed by atoms with Crippen LogP contribution in [0.5, 0.6) is 0 Å². The highest BCUT2D eigenvalue weighted by Gasteiger charge is 2.35. The third-order valence-electron chi connectivity index (χ3n) is 4.35. The molecule has 0 unspecified atom stereocenters. The van der Waals surface area contributed by atoms with Crippen molar-refractivity contribution >= 4 is 21.8 Å². The summed E-state index contributed by atoms with van der Waals surface area (Å²) in [5.74, 6) is 0.597. The SMILES string of the molecule is Cc1cc(Br)ccc1C(=O)NC1(CO)CCC(C)CC1. The lowest BCUT2D eigenvalue weighted by atomic mass is 9.77. The van der Waals surface area contributed by atoms with Gasteiger partial charge in [-0.05, 0) is 62.3 Å². The number of benzene rings is 1. The Morgan fingerprint density at radius 2 is 2.10 bits per heavy atom. The van der Waals surface area contributed by atoms with Crippen molar-refractivity contribution in [2.45, 2.75) is 45.1 Å². The van der Waals surface area contributed by atoms with Crippen LogP contribution in [0.15, 0.2) is 22.7 Å². The van der Waals surface area contributed by atoms with E-state index >= 15 is 0 Å². The molecular formula is C16H22BrNO2. The number of nitrogens with one attached hydrogen (secondary N) is 1. The number of aliphatic hydroxyl groups is 1. The fourth-order valence-corrected chi connectivity index (χ4v) is 3.30. The molecule has 1 amide bonds. The Labute approximate surface area is 128 Å². The van der Waals surface area contributed by atoms with Crippen molar-refractivity contribution in [3.63, 3.8) is 0 Å². The molecule has 0 aliphatic heterocycles. The molecule has 110 valence electrons. The summed E-state index contributed by atoms with van der Waals surface area (Å²) in [6.45, 7) is 4.16. The number of aryl methyl sites for hydroxylation is 1. The van der Waals surface area contributed by atoms with Crippen molar-refractivity contribution in [3.8, 4) is 0 Å². The molecular weight excluding hydrogens is 318 g/mol. The summed E-state index contributed by atoms with van der Waals surface area (Å²) >= 11 is 3.40. The van der Waals surface area contributed by atoms with E-state index in [1.54, 1.807) is 0 Å². The van der Waals surface area contributed by atoms with Gasteiger partial charge in [0.2, 0.25) is 0 Å². The first-order valence-electron chi connectivity index (χ1n) is 7.15. The van der Waals surface area contributed by atoms with Crippen molar-refractivity contribution < 1.29 is 9.90 Å². The lowest BCUT2D eigenvalue weighted by molar-refractivity contribution is 0.0716. The zero-order valence-electron chi connectivity index (χ0n) is 12.1. The third-order valence-corrected chi connectivity index (χ3v) is 4.84. The van der Waals surface area contributed by atoms with Crippen molar-refractivity contribution in [2.24, 2.45) is 5.92 Å². The molecule has 0 atom stereocenters.